The molecule has 248 valence electrons. The summed E-state index contributed by atoms with van der Waals surface area (Å²) in [5, 5.41) is 39.1. The molecule has 0 bridgehead atoms. The number of aliphatic hydroxyl groups excluding tert-OH is 2. The molecule has 3 atom stereocenters. The van der Waals surface area contributed by atoms with E-state index >= 15 is 0 Å². The van der Waals surface area contributed by atoms with Crippen molar-refractivity contribution < 1.29 is 57.1 Å². The lowest BCUT2D eigenvalue weighted by Gasteiger charge is -2.20. The lowest BCUT2D eigenvalue weighted by atomic mass is 9.97. The van der Waals surface area contributed by atoms with Gasteiger partial charge in [0.05, 0.1) is 36.3 Å². The summed E-state index contributed by atoms with van der Waals surface area (Å²) in [6.45, 7) is 1.68. The van der Waals surface area contributed by atoms with Gasteiger partial charge in [0, 0.05) is 24.6 Å². The summed E-state index contributed by atoms with van der Waals surface area (Å²) in [4.78, 5) is 49.6. The third-order valence-corrected chi connectivity index (χ3v) is 6.96. The van der Waals surface area contributed by atoms with Crippen molar-refractivity contribution in [3.8, 4) is 11.3 Å². The molecule has 0 saturated carbocycles. The van der Waals surface area contributed by atoms with Crippen LogP contribution in [-0.2, 0) is 34.0 Å². The molecule has 2 rings (SSSR count). The second-order valence-corrected chi connectivity index (χ2v) is 11.7. The number of carbonyl (C=O) groups excluding carboxylic acids is 1. The van der Waals surface area contributed by atoms with Crippen LogP contribution in [0.2, 0.25) is 0 Å². The van der Waals surface area contributed by atoms with E-state index in [0.717, 1.165) is 10.6 Å². The Morgan fingerprint density at radius 1 is 1.13 bits per heavy atom. The van der Waals surface area contributed by atoms with E-state index in [9.17, 15) is 48.0 Å². The Bertz CT molecular complexity index is 1470. The first-order valence-electron chi connectivity index (χ1n) is 13.0. The summed E-state index contributed by atoms with van der Waals surface area (Å²) >= 11 is 0. The van der Waals surface area contributed by atoms with E-state index in [1.807, 2.05) is 0 Å². The molecular weight excluding hydrogens is 629 g/mol. The molecule has 45 heavy (non-hydrogen) atoms. The van der Waals surface area contributed by atoms with Gasteiger partial charge in [0.25, 0.3) is 10.2 Å². The zero-order valence-corrected chi connectivity index (χ0v) is 25.3. The number of halogens is 1. The summed E-state index contributed by atoms with van der Waals surface area (Å²) in [7, 11) is -2.46. The van der Waals surface area contributed by atoms with Crippen LogP contribution >= 0.6 is 0 Å². The van der Waals surface area contributed by atoms with Crippen LogP contribution in [0.3, 0.4) is 0 Å². The minimum atomic E-state index is -3.74. The standard InChI is InChI=1S/C25H32FN5O13S/c1-15(2)23-20(24(16-5-7-17(26)8-6-16)28-25(27-23)29(3)45(4,39)40)10-9-18(32)11-19(33)12-21(34)41-13-22(44-31(37)38)42-14-43-30(35)36/h5-10,15,18-19,22,32-33H,11-14H2,1-4H3/b10-9+/t18-,19-,22?/m1/s1. The summed E-state index contributed by atoms with van der Waals surface area (Å²) in [5.74, 6) is -1.97. The fourth-order valence-corrected chi connectivity index (χ4v) is 3.99. The van der Waals surface area contributed by atoms with Crippen molar-refractivity contribution in [3.63, 3.8) is 0 Å². The largest absolute Gasteiger partial charge is 0.461 e. The monoisotopic (exact) mass is 661 g/mol. The maximum atomic E-state index is 13.7. The van der Waals surface area contributed by atoms with Crippen LogP contribution in [0.1, 0.15) is 43.9 Å². The second kappa shape index (κ2) is 16.5. The van der Waals surface area contributed by atoms with Gasteiger partial charge in [-0.3, -0.25) is 14.5 Å². The van der Waals surface area contributed by atoms with Gasteiger partial charge in [-0.05, 0) is 30.2 Å². The molecule has 1 aromatic heterocycles. The first-order chi connectivity index (χ1) is 21.0. The topological polar surface area (TPSA) is 244 Å². The highest BCUT2D eigenvalue weighted by Gasteiger charge is 2.23. The van der Waals surface area contributed by atoms with E-state index in [2.05, 4.69) is 24.4 Å². The molecule has 0 amide bonds. The van der Waals surface area contributed by atoms with Crippen LogP contribution < -0.4 is 4.31 Å². The van der Waals surface area contributed by atoms with Gasteiger partial charge in [-0.1, -0.05) is 26.0 Å². The van der Waals surface area contributed by atoms with E-state index in [1.54, 1.807) is 13.8 Å². The average molecular weight is 662 g/mol. The fourth-order valence-electron chi connectivity index (χ4n) is 3.61. The average Bonchev–Trinajstić information content (AvgIpc) is 2.93. The van der Waals surface area contributed by atoms with Gasteiger partial charge in [-0.25, -0.2) is 27.1 Å². The van der Waals surface area contributed by atoms with Crippen molar-refractivity contribution in [2.75, 3.05) is 31.0 Å². The van der Waals surface area contributed by atoms with Gasteiger partial charge in [0.2, 0.25) is 22.3 Å². The molecule has 1 heterocycles. The van der Waals surface area contributed by atoms with Crippen LogP contribution in [0.5, 0.6) is 0 Å². The van der Waals surface area contributed by atoms with Crippen molar-refractivity contribution in [3.05, 3.63) is 67.6 Å². The minimum absolute atomic E-state index is 0.131. The molecule has 0 saturated heterocycles. The number of aliphatic hydroxyl groups is 2. The number of rotatable bonds is 18. The molecule has 0 aliphatic heterocycles. The van der Waals surface area contributed by atoms with Crippen LogP contribution in [0.4, 0.5) is 10.3 Å². The van der Waals surface area contributed by atoms with Gasteiger partial charge in [-0.2, -0.15) is 0 Å². The smallest absolute Gasteiger partial charge is 0.308 e. The Morgan fingerprint density at radius 2 is 1.78 bits per heavy atom. The van der Waals surface area contributed by atoms with Crippen molar-refractivity contribution in [2.24, 2.45) is 0 Å². The van der Waals surface area contributed by atoms with Crippen LogP contribution in [0.15, 0.2) is 30.3 Å². The van der Waals surface area contributed by atoms with Crippen molar-refractivity contribution in [2.45, 2.75) is 51.1 Å². The maximum absolute atomic E-state index is 13.7. The number of anilines is 1. The van der Waals surface area contributed by atoms with Gasteiger partial charge in [0.15, 0.2) is 6.79 Å². The van der Waals surface area contributed by atoms with E-state index < -0.39 is 70.3 Å². The lowest BCUT2D eigenvalue weighted by Crippen LogP contribution is -2.30. The van der Waals surface area contributed by atoms with Crippen LogP contribution in [0.25, 0.3) is 17.3 Å². The molecule has 1 unspecified atom stereocenters. The van der Waals surface area contributed by atoms with Crippen molar-refractivity contribution in [1.29, 1.82) is 0 Å². The highest BCUT2D eigenvalue weighted by atomic mass is 32.2. The number of carbonyl (C=O) groups is 1. The van der Waals surface area contributed by atoms with Crippen molar-refractivity contribution in [1.82, 2.24) is 9.97 Å². The predicted molar refractivity (Wildman–Crippen MR) is 152 cm³/mol. The van der Waals surface area contributed by atoms with Gasteiger partial charge >= 0.3 is 5.97 Å². The Kier molecular flexibility index (Phi) is 13.5. The van der Waals surface area contributed by atoms with E-state index in [0.29, 0.717) is 16.8 Å². The highest BCUT2D eigenvalue weighted by Crippen LogP contribution is 2.31. The molecule has 0 spiro atoms. The van der Waals surface area contributed by atoms with Crippen molar-refractivity contribution >= 4 is 28.0 Å². The first-order valence-corrected chi connectivity index (χ1v) is 14.8. The third kappa shape index (κ3) is 12.2. The number of aromatic nitrogens is 2. The normalized spacial score (nSPS) is 13.7. The predicted octanol–water partition coefficient (Wildman–Crippen LogP) is 1.58. The fraction of sp³-hybridized carbons (Fsp3) is 0.480. The number of esters is 1. The number of ether oxygens (including phenoxy) is 2. The molecule has 2 N–H and O–H groups in total. The number of nitrogens with zero attached hydrogens (tertiary/aromatic N) is 5. The highest BCUT2D eigenvalue weighted by molar-refractivity contribution is 7.92. The molecule has 0 aliphatic carbocycles. The first kappa shape index (κ1) is 36.7. The molecular formula is C25H32FN5O13S. The molecule has 18 nitrogen and oxygen atoms in total. The van der Waals surface area contributed by atoms with E-state index in [-0.39, 0.29) is 24.0 Å². The van der Waals surface area contributed by atoms with Crippen LogP contribution in [0, 0.1) is 26.0 Å². The Morgan fingerprint density at radius 3 is 2.33 bits per heavy atom. The van der Waals surface area contributed by atoms with E-state index in [4.69, 9.17) is 4.74 Å². The Hall–Kier alpha value is -4.53. The van der Waals surface area contributed by atoms with E-state index in [1.165, 1.54) is 43.5 Å². The molecule has 1 aromatic carbocycles. The van der Waals surface area contributed by atoms with Crippen LogP contribution in [-0.4, -0.2) is 89.9 Å². The number of sulfonamides is 1. The molecule has 0 fully saturated rings. The number of hydrogen-bond donors (Lipinski definition) is 2. The molecule has 0 radical (unpaired) electrons. The zero-order chi connectivity index (χ0) is 33.9. The Labute approximate surface area is 256 Å². The molecule has 2 aromatic rings. The number of hydrogen-bond acceptors (Lipinski definition) is 15. The van der Waals surface area contributed by atoms with Gasteiger partial charge in [0.1, 0.15) is 12.4 Å². The summed E-state index contributed by atoms with van der Waals surface area (Å²) in [6, 6.07) is 5.28. The lowest BCUT2D eigenvalue weighted by molar-refractivity contribution is -0.794. The maximum Gasteiger partial charge on any atom is 0.308 e. The number of benzene rings is 1. The molecule has 0 aliphatic rings. The van der Waals surface area contributed by atoms with Gasteiger partial charge in [-0.15, -0.1) is 20.2 Å². The molecule has 20 heteroatoms. The summed E-state index contributed by atoms with van der Waals surface area (Å²) in [5.41, 5.74) is 1.45. The quantitative estimate of drug-likeness (QED) is 0.0996. The zero-order valence-electron chi connectivity index (χ0n) is 24.5. The summed E-state index contributed by atoms with van der Waals surface area (Å²) < 4.78 is 48.3. The Balaban J connectivity index is 2.20. The second-order valence-electron chi connectivity index (χ2n) is 9.66. The minimum Gasteiger partial charge on any atom is -0.461 e. The van der Waals surface area contributed by atoms with Gasteiger partial charge < -0.3 is 19.7 Å². The third-order valence-electron chi connectivity index (χ3n) is 5.80. The summed E-state index contributed by atoms with van der Waals surface area (Å²) in [6.07, 6.45) is -1.94. The SMILES string of the molecule is CC(C)c1nc(N(C)S(C)(=O)=O)nc(-c2ccc(F)cc2)c1/C=C/[C@@H](O)C[C@@H](O)CC(=O)OCC(OCO[N+](=O)[O-])O[N+](=O)[O-].